The standard InChI is InChI=1S/C19H20N2OS/c1-21(2)17(18-8-5-11-23-18)13-20-19(22)16-10-9-14-6-3-4-7-15(14)12-16/h3-12,17H,13H2,1-2H3,(H,20,22)/t17-/m1/s1. The van der Waals surface area contributed by atoms with Crippen LogP contribution in [0.4, 0.5) is 0 Å². The summed E-state index contributed by atoms with van der Waals surface area (Å²) in [7, 11) is 4.07. The number of nitrogens with zero attached hydrogens (tertiary/aromatic N) is 1. The average molecular weight is 324 g/mol. The minimum atomic E-state index is -0.0286. The molecule has 1 amide bonds. The summed E-state index contributed by atoms with van der Waals surface area (Å²) in [6.07, 6.45) is 0. The third-order valence-corrected chi connectivity index (χ3v) is 4.94. The van der Waals surface area contributed by atoms with Crippen molar-refractivity contribution in [2.24, 2.45) is 0 Å². The van der Waals surface area contributed by atoms with E-state index in [1.54, 1.807) is 11.3 Å². The van der Waals surface area contributed by atoms with Crippen molar-refractivity contribution >= 4 is 28.0 Å². The first-order valence-electron chi connectivity index (χ1n) is 7.62. The summed E-state index contributed by atoms with van der Waals surface area (Å²) in [5, 5.41) is 7.36. The second-order valence-corrected chi connectivity index (χ2v) is 6.75. The number of fused-ring (bicyclic) bond motifs is 1. The first-order chi connectivity index (χ1) is 11.1. The molecule has 3 aromatic rings. The van der Waals surface area contributed by atoms with Crippen molar-refractivity contribution in [3.63, 3.8) is 0 Å². The highest BCUT2D eigenvalue weighted by Gasteiger charge is 2.16. The maximum atomic E-state index is 12.5. The van der Waals surface area contributed by atoms with Crippen LogP contribution in [0.25, 0.3) is 10.8 Å². The Morgan fingerprint density at radius 2 is 1.87 bits per heavy atom. The molecule has 0 saturated carbocycles. The Morgan fingerprint density at radius 3 is 2.57 bits per heavy atom. The Balaban J connectivity index is 1.72. The number of likely N-dealkylation sites (N-methyl/N-ethyl adjacent to an activating group) is 1. The number of hydrogen-bond acceptors (Lipinski definition) is 3. The number of nitrogens with one attached hydrogen (secondary N) is 1. The van der Waals surface area contributed by atoms with Crippen LogP contribution in [0.5, 0.6) is 0 Å². The van der Waals surface area contributed by atoms with Gasteiger partial charge in [-0.2, -0.15) is 0 Å². The van der Waals surface area contributed by atoms with Crippen molar-refractivity contribution < 1.29 is 4.79 Å². The molecule has 0 aliphatic rings. The van der Waals surface area contributed by atoms with Crippen LogP contribution in [0.15, 0.2) is 60.0 Å². The first-order valence-corrected chi connectivity index (χ1v) is 8.50. The second-order valence-electron chi connectivity index (χ2n) is 5.77. The minimum Gasteiger partial charge on any atom is -0.350 e. The van der Waals surface area contributed by atoms with Crippen LogP contribution < -0.4 is 5.32 Å². The number of thiophene rings is 1. The van der Waals surface area contributed by atoms with Gasteiger partial charge in [-0.05, 0) is 48.4 Å². The van der Waals surface area contributed by atoms with E-state index in [0.717, 1.165) is 10.8 Å². The van der Waals surface area contributed by atoms with E-state index in [1.807, 2.05) is 56.6 Å². The summed E-state index contributed by atoms with van der Waals surface area (Å²) < 4.78 is 0. The van der Waals surface area contributed by atoms with Gasteiger partial charge in [0, 0.05) is 17.0 Å². The highest BCUT2D eigenvalue weighted by Crippen LogP contribution is 2.22. The molecule has 1 heterocycles. The molecule has 2 aromatic carbocycles. The SMILES string of the molecule is CN(C)[C@H](CNC(=O)c1ccc2ccccc2c1)c1cccs1. The largest absolute Gasteiger partial charge is 0.350 e. The zero-order chi connectivity index (χ0) is 16.2. The Kier molecular flexibility index (Phi) is 4.74. The van der Waals surface area contributed by atoms with Gasteiger partial charge in [0.15, 0.2) is 0 Å². The van der Waals surface area contributed by atoms with E-state index >= 15 is 0 Å². The maximum absolute atomic E-state index is 12.5. The Morgan fingerprint density at radius 1 is 1.09 bits per heavy atom. The summed E-state index contributed by atoms with van der Waals surface area (Å²) >= 11 is 1.72. The van der Waals surface area contributed by atoms with E-state index in [1.165, 1.54) is 4.88 Å². The third kappa shape index (κ3) is 3.60. The quantitative estimate of drug-likeness (QED) is 0.771. The molecule has 118 valence electrons. The molecular weight excluding hydrogens is 304 g/mol. The van der Waals surface area contributed by atoms with Crippen molar-refractivity contribution in [1.29, 1.82) is 0 Å². The molecule has 1 aromatic heterocycles. The zero-order valence-electron chi connectivity index (χ0n) is 13.3. The number of carbonyl (C=O) groups excluding carboxylic acids is 1. The molecule has 0 unspecified atom stereocenters. The van der Waals surface area contributed by atoms with Gasteiger partial charge in [-0.1, -0.05) is 36.4 Å². The number of amides is 1. The highest BCUT2D eigenvalue weighted by molar-refractivity contribution is 7.10. The van der Waals surface area contributed by atoms with Crippen LogP contribution in [0, 0.1) is 0 Å². The minimum absolute atomic E-state index is 0.0286. The van der Waals surface area contributed by atoms with E-state index in [0.29, 0.717) is 12.1 Å². The van der Waals surface area contributed by atoms with Crippen molar-refractivity contribution in [2.75, 3.05) is 20.6 Å². The molecule has 0 radical (unpaired) electrons. The summed E-state index contributed by atoms with van der Waals surface area (Å²) in [4.78, 5) is 15.8. The van der Waals surface area contributed by atoms with E-state index < -0.39 is 0 Å². The van der Waals surface area contributed by atoms with E-state index in [2.05, 4.69) is 27.7 Å². The number of carbonyl (C=O) groups is 1. The zero-order valence-corrected chi connectivity index (χ0v) is 14.1. The van der Waals surface area contributed by atoms with Gasteiger partial charge in [0.25, 0.3) is 5.91 Å². The summed E-state index contributed by atoms with van der Waals surface area (Å²) in [6, 6.07) is 18.2. The second kappa shape index (κ2) is 6.94. The molecule has 0 spiro atoms. The first kappa shape index (κ1) is 15.7. The van der Waals surface area contributed by atoms with Crippen LogP contribution in [-0.2, 0) is 0 Å². The number of rotatable bonds is 5. The van der Waals surface area contributed by atoms with E-state index in [-0.39, 0.29) is 11.9 Å². The monoisotopic (exact) mass is 324 g/mol. The molecule has 1 atom stereocenters. The smallest absolute Gasteiger partial charge is 0.251 e. The molecule has 23 heavy (non-hydrogen) atoms. The van der Waals surface area contributed by atoms with Crippen molar-refractivity contribution in [3.05, 3.63) is 70.4 Å². The maximum Gasteiger partial charge on any atom is 0.251 e. The fraction of sp³-hybridized carbons (Fsp3) is 0.211. The van der Waals surface area contributed by atoms with Gasteiger partial charge in [-0.3, -0.25) is 4.79 Å². The van der Waals surface area contributed by atoms with Crippen molar-refractivity contribution in [2.45, 2.75) is 6.04 Å². The molecule has 0 saturated heterocycles. The molecule has 0 bridgehead atoms. The molecule has 4 heteroatoms. The normalized spacial score (nSPS) is 12.5. The third-order valence-electron chi connectivity index (χ3n) is 3.96. The summed E-state index contributed by atoms with van der Waals surface area (Å²) in [6.45, 7) is 0.596. The fourth-order valence-electron chi connectivity index (χ4n) is 2.64. The van der Waals surface area contributed by atoms with Gasteiger partial charge < -0.3 is 10.2 Å². The Bertz CT molecular complexity index is 796. The molecule has 0 fully saturated rings. The molecule has 0 aliphatic heterocycles. The van der Waals surface area contributed by atoms with E-state index in [4.69, 9.17) is 0 Å². The van der Waals surface area contributed by atoms with Crippen LogP contribution in [0.1, 0.15) is 21.3 Å². The average Bonchev–Trinajstić information content (AvgIpc) is 3.08. The highest BCUT2D eigenvalue weighted by atomic mass is 32.1. The Hall–Kier alpha value is -2.17. The lowest BCUT2D eigenvalue weighted by Gasteiger charge is -2.23. The summed E-state index contributed by atoms with van der Waals surface area (Å²) in [5.41, 5.74) is 0.701. The van der Waals surface area contributed by atoms with Gasteiger partial charge in [0.05, 0.1) is 6.04 Å². The molecule has 3 rings (SSSR count). The van der Waals surface area contributed by atoms with Crippen LogP contribution in [0.3, 0.4) is 0 Å². The van der Waals surface area contributed by atoms with Gasteiger partial charge in [-0.15, -0.1) is 11.3 Å². The summed E-state index contributed by atoms with van der Waals surface area (Å²) in [5.74, 6) is -0.0286. The van der Waals surface area contributed by atoms with Gasteiger partial charge in [0.2, 0.25) is 0 Å². The van der Waals surface area contributed by atoms with Gasteiger partial charge in [0.1, 0.15) is 0 Å². The lowest BCUT2D eigenvalue weighted by molar-refractivity contribution is 0.0942. The predicted molar refractivity (Wildman–Crippen MR) is 97.0 cm³/mol. The van der Waals surface area contributed by atoms with Gasteiger partial charge in [-0.25, -0.2) is 0 Å². The van der Waals surface area contributed by atoms with E-state index in [9.17, 15) is 4.79 Å². The fourth-order valence-corrected chi connectivity index (χ4v) is 3.56. The lowest BCUT2D eigenvalue weighted by Crippen LogP contribution is -2.34. The van der Waals surface area contributed by atoms with Crippen molar-refractivity contribution in [1.82, 2.24) is 10.2 Å². The Labute approximate surface area is 140 Å². The predicted octanol–water partition coefficient (Wildman–Crippen LogP) is 3.93. The van der Waals surface area contributed by atoms with Crippen molar-refractivity contribution in [3.8, 4) is 0 Å². The molecular formula is C19H20N2OS. The molecule has 1 N–H and O–H groups in total. The number of hydrogen-bond donors (Lipinski definition) is 1. The molecule has 0 aliphatic carbocycles. The van der Waals surface area contributed by atoms with Crippen LogP contribution in [0.2, 0.25) is 0 Å². The van der Waals surface area contributed by atoms with Crippen LogP contribution >= 0.6 is 11.3 Å². The van der Waals surface area contributed by atoms with Gasteiger partial charge >= 0.3 is 0 Å². The van der Waals surface area contributed by atoms with Crippen LogP contribution in [-0.4, -0.2) is 31.4 Å². The lowest BCUT2D eigenvalue weighted by atomic mass is 10.1. The number of benzene rings is 2. The molecule has 3 nitrogen and oxygen atoms in total. The topological polar surface area (TPSA) is 32.3 Å².